The van der Waals surface area contributed by atoms with Crippen LogP contribution in [-0.4, -0.2) is 17.4 Å². The van der Waals surface area contributed by atoms with Crippen molar-refractivity contribution < 1.29 is 4.79 Å². The maximum atomic E-state index is 11.9. The van der Waals surface area contributed by atoms with Gasteiger partial charge >= 0.3 is 0 Å². The summed E-state index contributed by atoms with van der Waals surface area (Å²) in [6, 6.07) is 15.1. The van der Waals surface area contributed by atoms with Crippen LogP contribution in [0.25, 0.3) is 0 Å². The predicted molar refractivity (Wildman–Crippen MR) is 76.4 cm³/mol. The van der Waals surface area contributed by atoms with Gasteiger partial charge in [-0.1, -0.05) is 54.9 Å². The summed E-state index contributed by atoms with van der Waals surface area (Å²) >= 11 is 5.76. The molecule has 0 aliphatic heterocycles. The van der Waals surface area contributed by atoms with Crippen molar-refractivity contribution in [2.75, 3.05) is 6.54 Å². The van der Waals surface area contributed by atoms with Gasteiger partial charge in [-0.05, 0) is 23.6 Å². The van der Waals surface area contributed by atoms with Crippen molar-refractivity contribution in [3.05, 3.63) is 64.9 Å². The predicted octanol–water partition coefficient (Wildman–Crippen LogP) is 3.27. The topological polar surface area (TPSA) is 42.0 Å². The monoisotopic (exact) mass is 274 g/mol. The van der Waals surface area contributed by atoms with Gasteiger partial charge in [0.05, 0.1) is 0 Å². The summed E-state index contributed by atoms with van der Waals surface area (Å²) in [4.78, 5) is 15.9. The van der Waals surface area contributed by atoms with E-state index in [1.807, 2.05) is 18.2 Å². The Labute approximate surface area is 117 Å². The van der Waals surface area contributed by atoms with E-state index in [9.17, 15) is 4.79 Å². The number of benzene rings is 1. The number of carbonyl (C=O) groups is 1. The minimum absolute atomic E-state index is 0.203. The maximum absolute atomic E-state index is 11.9. The lowest BCUT2D eigenvalue weighted by Crippen LogP contribution is -2.28. The molecule has 0 aliphatic rings. The Hall–Kier alpha value is -1.87. The van der Waals surface area contributed by atoms with Crippen LogP contribution in [0, 0.1) is 0 Å². The molecule has 1 amide bonds. The van der Waals surface area contributed by atoms with E-state index in [0.29, 0.717) is 17.4 Å². The lowest BCUT2D eigenvalue weighted by Gasteiger charge is -2.12. The molecule has 0 bridgehead atoms. The van der Waals surface area contributed by atoms with E-state index in [0.717, 1.165) is 0 Å². The molecule has 3 nitrogen and oxygen atoms in total. The van der Waals surface area contributed by atoms with Gasteiger partial charge < -0.3 is 5.32 Å². The molecular weight excluding hydrogens is 260 g/mol. The van der Waals surface area contributed by atoms with Crippen LogP contribution in [0.2, 0.25) is 5.15 Å². The molecule has 1 aromatic carbocycles. The van der Waals surface area contributed by atoms with Gasteiger partial charge in [0.15, 0.2) is 0 Å². The van der Waals surface area contributed by atoms with Crippen LogP contribution in [0.15, 0.2) is 48.5 Å². The van der Waals surface area contributed by atoms with Crippen molar-refractivity contribution in [3.63, 3.8) is 0 Å². The standard InChI is InChI=1S/C15H15ClN2O/c1-11(12-6-3-2-4-7-12)10-17-15(19)13-8-5-9-14(16)18-13/h2-9,11H,10H2,1H3,(H,17,19). The number of carbonyl (C=O) groups excluding carboxylic acids is 1. The van der Waals surface area contributed by atoms with E-state index in [4.69, 9.17) is 11.6 Å². The van der Waals surface area contributed by atoms with Crippen molar-refractivity contribution >= 4 is 17.5 Å². The van der Waals surface area contributed by atoms with Crippen LogP contribution in [0.1, 0.15) is 28.9 Å². The molecule has 0 fully saturated rings. The number of hydrogen-bond donors (Lipinski definition) is 1. The molecule has 0 saturated heterocycles. The molecule has 0 radical (unpaired) electrons. The highest BCUT2D eigenvalue weighted by Crippen LogP contribution is 2.13. The van der Waals surface area contributed by atoms with E-state index in [1.54, 1.807) is 18.2 Å². The zero-order chi connectivity index (χ0) is 13.7. The summed E-state index contributed by atoms with van der Waals surface area (Å²) in [6.07, 6.45) is 0. The number of pyridine rings is 1. The van der Waals surface area contributed by atoms with Crippen LogP contribution in [0.5, 0.6) is 0 Å². The Kier molecular flexibility index (Phi) is 4.53. The highest BCUT2D eigenvalue weighted by Gasteiger charge is 2.10. The third-order valence-electron chi connectivity index (χ3n) is 2.89. The quantitative estimate of drug-likeness (QED) is 0.870. The number of halogens is 1. The first-order valence-electron chi connectivity index (χ1n) is 6.12. The summed E-state index contributed by atoms with van der Waals surface area (Å²) < 4.78 is 0. The summed E-state index contributed by atoms with van der Waals surface area (Å²) in [5.41, 5.74) is 1.54. The number of hydrogen-bond acceptors (Lipinski definition) is 2. The fourth-order valence-electron chi connectivity index (χ4n) is 1.77. The third kappa shape index (κ3) is 3.80. The van der Waals surface area contributed by atoms with Crippen LogP contribution in [-0.2, 0) is 0 Å². The van der Waals surface area contributed by atoms with Crippen LogP contribution >= 0.6 is 11.6 Å². The Morgan fingerprint density at radius 2 is 1.95 bits per heavy atom. The molecule has 0 spiro atoms. The van der Waals surface area contributed by atoms with Crippen molar-refractivity contribution in [1.82, 2.24) is 10.3 Å². The molecule has 0 aliphatic carbocycles. The molecule has 19 heavy (non-hydrogen) atoms. The fraction of sp³-hybridized carbons (Fsp3) is 0.200. The Morgan fingerprint density at radius 3 is 2.63 bits per heavy atom. The Balaban J connectivity index is 1.94. The zero-order valence-electron chi connectivity index (χ0n) is 10.6. The van der Waals surface area contributed by atoms with Gasteiger partial charge in [0.25, 0.3) is 5.91 Å². The highest BCUT2D eigenvalue weighted by molar-refractivity contribution is 6.29. The minimum Gasteiger partial charge on any atom is -0.350 e. The largest absolute Gasteiger partial charge is 0.350 e. The molecule has 0 saturated carbocycles. The first-order valence-corrected chi connectivity index (χ1v) is 6.50. The van der Waals surface area contributed by atoms with Crippen molar-refractivity contribution in [2.45, 2.75) is 12.8 Å². The lowest BCUT2D eigenvalue weighted by molar-refractivity contribution is 0.0946. The van der Waals surface area contributed by atoms with E-state index in [-0.39, 0.29) is 11.8 Å². The van der Waals surface area contributed by atoms with Gasteiger partial charge in [-0.3, -0.25) is 4.79 Å². The van der Waals surface area contributed by atoms with Crippen LogP contribution in [0.3, 0.4) is 0 Å². The van der Waals surface area contributed by atoms with Crippen molar-refractivity contribution in [1.29, 1.82) is 0 Å². The van der Waals surface area contributed by atoms with Crippen molar-refractivity contribution in [2.24, 2.45) is 0 Å². The van der Waals surface area contributed by atoms with Gasteiger partial charge in [-0.15, -0.1) is 0 Å². The van der Waals surface area contributed by atoms with Crippen LogP contribution < -0.4 is 5.32 Å². The average molecular weight is 275 g/mol. The second-order valence-corrected chi connectivity index (χ2v) is 4.75. The second-order valence-electron chi connectivity index (χ2n) is 4.37. The number of amides is 1. The molecule has 2 aromatic rings. The third-order valence-corrected chi connectivity index (χ3v) is 3.10. The zero-order valence-corrected chi connectivity index (χ0v) is 11.4. The molecule has 1 atom stereocenters. The molecular formula is C15H15ClN2O. The van der Waals surface area contributed by atoms with Gasteiger partial charge in [0.1, 0.15) is 10.8 Å². The average Bonchev–Trinajstić information content (AvgIpc) is 2.45. The summed E-state index contributed by atoms with van der Waals surface area (Å²) in [7, 11) is 0. The van der Waals surface area contributed by atoms with Gasteiger partial charge in [0, 0.05) is 6.54 Å². The van der Waals surface area contributed by atoms with Gasteiger partial charge in [-0.2, -0.15) is 0 Å². The first-order chi connectivity index (χ1) is 9.16. The van der Waals surface area contributed by atoms with Gasteiger partial charge in [0.2, 0.25) is 0 Å². The molecule has 1 heterocycles. The SMILES string of the molecule is CC(CNC(=O)c1cccc(Cl)n1)c1ccccc1. The molecule has 1 unspecified atom stereocenters. The molecule has 1 aromatic heterocycles. The highest BCUT2D eigenvalue weighted by atomic mass is 35.5. The van der Waals surface area contributed by atoms with E-state index in [1.165, 1.54) is 5.56 Å². The maximum Gasteiger partial charge on any atom is 0.269 e. The molecule has 98 valence electrons. The Bertz CT molecular complexity index is 557. The second kappa shape index (κ2) is 6.34. The Morgan fingerprint density at radius 1 is 1.21 bits per heavy atom. The molecule has 1 N–H and O–H groups in total. The number of nitrogens with one attached hydrogen (secondary N) is 1. The van der Waals surface area contributed by atoms with E-state index in [2.05, 4.69) is 29.4 Å². The number of rotatable bonds is 4. The molecule has 4 heteroatoms. The fourth-order valence-corrected chi connectivity index (χ4v) is 1.93. The summed E-state index contributed by atoms with van der Waals surface area (Å²) in [5, 5.41) is 3.19. The normalized spacial score (nSPS) is 11.9. The smallest absolute Gasteiger partial charge is 0.269 e. The summed E-state index contributed by atoms with van der Waals surface area (Å²) in [6.45, 7) is 2.64. The van der Waals surface area contributed by atoms with E-state index >= 15 is 0 Å². The van der Waals surface area contributed by atoms with Crippen molar-refractivity contribution in [3.8, 4) is 0 Å². The van der Waals surface area contributed by atoms with Gasteiger partial charge in [-0.25, -0.2) is 4.98 Å². The van der Waals surface area contributed by atoms with Crippen LogP contribution in [0.4, 0.5) is 0 Å². The molecule has 2 rings (SSSR count). The first kappa shape index (κ1) is 13.6. The summed E-state index contributed by atoms with van der Waals surface area (Å²) in [5.74, 6) is 0.0506. The lowest BCUT2D eigenvalue weighted by atomic mass is 10.0. The number of nitrogens with zero attached hydrogens (tertiary/aromatic N) is 1. The van der Waals surface area contributed by atoms with E-state index < -0.39 is 0 Å². The minimum atomic E-state index is -0.203. The number of aromatic nitrogens is 1.